The highest BCUT2D eigenvalue weighted by Gasteiger charge is 2.51. The molecule has 3 aromatic carbocycles. The van der Waals surface area contributed by atoms with E-state index in [1.807, 2.05) is 113 Å². The fraction of sp³-hybridized carbons (Fsp3) is 0.375. The zero-order chi connectivity index (χ0) is 28.8. The molecule has 1 fully saturated rings. The van der Waals surface area contributed by atoms with Crippen LogP contribution in [0.15, 0.2) is 84.9 Å². The molecule has 1 heterocycles. The molecule has 0 unspecified atom stereocenters. The summed E-state index contributed by atoms with van der Waals surface area (Å²) in [6.07, 6.45) is 1.35. The van der Waals surface area contributed by atoms with Crippen molar-refractivity contribution in [2.24, 2.45) is 5.73 Å². The van der Waals surface area contributed by atoms with Crippen LogP contribution in [0.5, 0.6) is 0 Å². The Kier molecular flexibility index (Phi) is 9.46. The van der Waals surface area contributed by atoms with E-state index in [9.17, 15) is 9.59 Å². The van der Waals surface area contributed by atoms with Crippen molar-refractivity contribution in [2.75, 3.05) is 0 Å². The van der Waals surface area contributed by atoms with Gasteiger partial charge in [-0.25, -0.2) is 4.79 Å². The van der Waals surface area contributed by atoms with Crippen molar-refractivity contribution < 1.29 is 23.6 Å². The molecule has 7 nitrogen and oxygen atoms in total. The van der Waals surface area contributed by atoms with Crippen molar-refractivity contribution in [1.29, 1.82) is 0 Å². The molecule has 1 aliphatic rings. The molecule has 3 aromatic rings. The Hall–Kier alpha value is -3.46. The van der Waals surface area contributed by atoms with Crippen LogP contribution in [0.2, 0.25) is 0 Å². The van der Waals surface area contributed by atoms with Crippen LogP contribution in [0.25, 0.3) is 0 Å². The number of carbonyl (C=O) groups is 2. The average molecular weight is 542 g/mol. The van der Waals surface area contributed by atoms with Gasteiger partial charge in [0.1, 0.15) is 12.6 Å². The van der Waals surface area contributed by atoms with Crippen molar-refractivity contribution >= 4 is 24.5 Å². The molecular weight excluding hydrogens is 503 g/mol. The summed E-state index contributed by atoms with van der Waals surface area (Å²) in [6, 6.07) is 25.3. The third kappa shape index (κ3) is 7.59. The Bertz CT molecular complexity index is 1270. The topological polar surface area (TPSA) is 99.9 Å². The zero-order valence-corrected chi connectivity index (χ0v) is 23.8. The van der Waals surface area contributed by atoms with Gasteiger partial charge in [0, 0.05) is 6.42 Å². The normalized spacial score (nSPS) is 17.2. The Labute approximate surface area is 237 Å². The lowest BCUT2D eigenvalue weighted by Gasteiger charge is -2.32. The van der Waals surface area contributed by atoms with Gasteiger partial charge in [-0.2, -0.15) is 0 Å². The van der Waals surface area contributed by atoms with E-state index >= 15 is 0 Å². The summed E-state index contributed by atoms with van der Waals surface area (Å²) < 4.78 is 18.0. The van der Waals surface area contributed by atoms with E-state index in [4.69, 9.17) is 19.8 Å². The minimum atomic E-state index is -0.910. The van der Waals surface area contributed by atoms with Crippen molar-refractivity contribution in [3.05, 3.63) is 102 Å². The van der Waals surface area contributed by atoms with Crippen LogP contribution >= 0.6 is 0 Å². The summed E-state index contributed by atoms with van der Waals surface area (Å²) in [7, 11) is -0.533. The lowest BCUT2D eigenvalue weighted by atomic mass is 9.78. The van der Waals surface area contributed by atoms with Gasteiger partial charge < -0.3 is 25.1 Å². The van der Waals surface area contributed by atoms with E-state index in [1.165, 1.54) is 0 Å². The smallest absolute Gasteiger partial charge is 0.459 e. The number of carbonyl (C=O) groups excluding carboxylic acids is 2. The number of hydrogen-bond acceptors (Lipinski definition) is 6. The minimum absolute atomic E-state index is 0.111. The molecule has 0 bridgehead atoms. The molecule has 1 amide bonds. The number of benzene rings is 3. The van der Waals surface area contributed by atoms with Gasteiger partial charge in [0.2, 0.25) is 5.91 Å². The van der Waals surface area contributed by atoms with Crippen LogP contribution in [0, 0.1) is 0 Å². The number of amides is 1. The number of rotatable bonds is 11. The highest BCUT2D eigenvalue weighted by atomic mass is 16.7. The van der Waals surface area contributed by atoms with Crippen LogP contribution < -0.4 is 16.5 Å². The third-order valence-electron chi connectivity index (χ3n) is 7.66. The Balaban J connectivity index is 1.46. The zero-order valence-electron chi connectivity index (χ0n) is 23.8. The van der Waals surface area contributed by atoms with Gasteiger partial charge in [0.25, 0.3) is 0 Å². The fourth-order valence-corrected chi connectivity index (χ4v) is 4.48. The molecule has 4 rings (SSSR count). The van der Waals surface area contributed by atoms with Crippen molar-refractivity contribution in [3.63, 3.8) is 0 Å². The monoisotopic (exact) mass is 542 g/mol. The molecule has 0 spiro atoms. The fourth-order valence-electron chi connectivity index (χ4n) is 4.48. The third-order valence-corrected chi connectivity index (χ3v) is 7.66. The van der Waals surface area contributed by atoms with E-state index in [0.717, 1.165) is 22.2 Å². The number of ether oxygens (including phenoxy) is 1. The molecule has 210 valence electrons. The van der Waals surface area contributed by atoms with Crippen LogP contribution in [-0.4, -0.2) is 42.3 Å². The first-order valence-electron chi connectivity index (χ1n) is 13.8. The Morgan fingerprint density at radius 3 is 2.05 bits per heavy atom. The second-order valence-corrected chi connectivity index (χ2v) is 11.3. The second kappa shape index (κ2) is 12.8. The summed E-state index contributed by atoms with van der Waals surface area (Å²) in [5.41, 5.74) is 8.94. The van der Waals surface area contributed by atoms with Gasteiger partial charge in [0.15, 0.2) is 0 Å². The van der Waals surface area contributed by atoms with Crippen LogP contribution in [-0.2, 0) is 43.1 Å². The number of aryl methyl sites for hydroxylation is 1. The molecule has 3 N–H and O–H groups in total. The lowest BCUT2D eigenvalue weighted by molar-refractivity contribution is -0.149. The summed E-state index contributed by atoms with van der Waals surface area (Å²) in [4.78, 5) is 26.3. The van der Waals surface area contributed by atoms with E-state index < -0.39 is 36.4 Å². The van der Waals surface area contributed by atoms with Gasteiger partial charge >= 0.3 is 13.1 Å². The predicted octanol–water partition coefficient (Wildman–Crippen LogP) is 3.72. The standard InChI is InChI=1S/C32H39BN2O5/c1-31(2)32(3,4)40-33(39-31)26-17-11-16-25(20-26)21-28(30(37)38-22-24-14-9-6-10-15-24)35-29(36)27(34)19-18-23-12-7-5-8-13-23/h5-17,20,27-28H,18-19,21-22,34H2,1-4H3,(H,35,36)/t27-,28-/m0/s1. The van der Waals surface area contributed by atoms with Gasteiger partial charge in [-0.3, -0.25) is 4.79 Å². The van der Waals surface area contributed by atoms with Crippen LogP contribution in [0.1, 0.15) is 50.8 Å². The average Bonchev–Trinajstić information content (AvgIpc) is 3.17. The summed E-state index contributed by atoms with van der Waals surface area (Å²) in [5.74, 6) is -0.909. The lowest BCUT2D eigenvalue weighted by Crippen LogP contribution is -2.50. The highest BCUT2D eigenvalue weighted by Crippen LogP contribution is 2.36. The number of nitrogens with one attached hydrogen (secondary N) is 1. The number of esters is 1. The van der Waals surface area contributed by atoms with Gasteiger partial charge in [0.05, 0.1) is 17.2 Å². The first kappa shape index (κ1) is 29.5. The quantitative estimate of drug-likeness (QED) is 0.283. The maximum Gasteiger partial charge on any atom is 0.494 e. The van der Waals surface area contributed by atoms with Crippen LogP contribution in [0.3, 0.4) is 0 Å². The van der Waals surface area contributed by atoms with Gasteiger partial charge in [-0.1, -0.05) is 84.9 Å². The van der Waals surface area contributed by atoms with E-state index in [1.54, 1.807) is 0 Å². The SMILES string of the molecule is CC1(C)OB(c2cccc(C[C@H](NC(=O)[C@@H](N)CCc3ccccc3)C(=O)OCc3ccccc3)c2)OC1(C)C. The van der Waals surface area contributed by atoms with E-state index in [-0.39, 0.29) is 18.9 Å². The summed E-state index contributed by atoms with van der Waals surface area (Å²) in [6.45, 7) is 8.14. The molecular formula is C32H39BN2O5. The molecule has 2 atom stereocenters. The summed E-state index contributed by atoms with van der Waals surface area (Å²) >= 11 is 0. The summed E-state index contributed by atoms with van der Waals surface area (Å²) in [5, 5.41) is 2.85. The molecule has 1 saturated heterocycles. The first-order valence-corrected chi connectivity index (χ1v) is 13.8. The molecule has 40 heavy (non-hydrogen) atoms. The maximum atomic E-state index is 13.2. The van der Waals surface area contributed by atoms with Crippen molar-refractivity contribution in [1.82, 2.24) is 5.32 Å². The molecule has 1 aliphatic heterocycles. The highest BCUT2D eigenvalue weighted by molar-refractivity contribution is 6.62. The molecule has 0 aromatic heterocycles. The number of nitrogens with two attached hydrogens (primary N) is 1. The van der Waals surface area contributed by atoms with E-state index in [0.29, 0.717) is 12.8 Å². The molecule has 0 radical (unpaired) electrons. The van der Waals surface area contributed by atoms with Crippen molar-refractivity contribution in [2.45, 2.75) is 76.9 Å². The Morgan fingerprint density at radius 1 is 0.850 bits per heavy atom. The first-order chi connectivity index (χ1) is 19.0. The minimum Gasteiger partial charge on any atom is -0.459 e. The van der Waals surface area contributed by atoms with Gasteiger partial charge in [-0.05, 0) is 62.7 Å². The molecule has 0 saturated carbocycles. The van der Waals surface area contributed by atoms with E-state index in [2.05, 4.69) is 5.32 Å². The Morgan fingerprint density at radius 2 is 1.43 bits per heavy atom. The van der Waals surface area contributed by atoms with Gasteiger partial charge in [-0.15, -0.1) is 0 Å². The predicted molar refractivity (Wildman–Crippen MR) is 157 cm³/mol. The van der Waals surface area contributed by atoms with Crippen molar-refractivity contribution in [3.8, 4) is 0 Å². The second-order valence-electron chi connectivity index (χ2n) is 11.3. The maximum absolute atomic E-state index is 13.2. The molecule has 0 aliphatic carbocycles. The largest absolute Gasteiger partial charge is 0.494 e. The number of hydrogen-bond donors (Lipinski definition) is 2. The van der Waals surface area contributed by atoms with Crippen LogP contribution in [0.4, 0.5) is 0 Å². The molecule has 8 heteroatoms.